The highest BCUT2D eigenvalue weighted by Gasteiger charge is 2.45. The molecule has 2 saturated heterocycles. The van der Waals surface area contributed by atoms with E-state index in [4.69, 9.17) is 11.6 Å². The van der Waals surface area contributed by atoms with Gasteiger partial charge in [0.2, 0.25) is 5.91 Å². The van der Waals surface area contributed by atoms with E-state index in [9.17, 15) is 4.79 Å². The molecule has 1 N–H and O–H groups in total. The van der Waals surface area contributed by atoms with Gasteiger partial charge in [0, 0.05) is 43.0 Å². The van der Waals surface area contributed by atoms with Crippen molar-refractivity contribution in [2.45, 2.75) is 25.8 Å². The number of nitrogens with zero attached hydrogens (tertiary/aromatic N) is 5. The van der Waals surface area contributed by atoms with Gasteiger partial charge in [0.25, 0.3) is 0 Å². The van der Waals surface area contributed by atoms with Crippen LogP contribution < -0.4 is 4.90 Å². The first-order valence-electron chi connectivity index (χ1n) is 9.53. The van der Waals surface area contributed by atoms with Crippen LogP contribution >= 0.6 is 11.6 Å². The number of benzene rings is 1. The molecule has 4 heterocycles. The number of H-pyrrole nitrogens is 1. The van der Waals surface area contributed by atoms with Crippen LogP contribution in [-0.2, 0) is 11.3 Å². The van der Waals surface area contributed by atoms with E-state index in [-0.39, 0.29) is 11.3 Å². The van der Waals surface area contributed by atoms with Crippen LogP contribution in [0.15, 0.2) is 36.9 Å². The highest BCUT2D eigenvalue weighted by molar-refractivity contribution is 6.30. The Morgan fingerprint density at radius 1 is 1.11 bits per heavy atom. The number of halogens is 1. The molecule has 3 aromatic rings. The van der Waals surface area contributed by atoms with E-state index in [1.54, 1.807) is 12.7 Å². The monoisotopic (exact) mass is 396 g/mol. The second-order valence-corrected chi connectivity index (χ2v) is 8.27. The summed E-state index contributed by atoms with van der Waals surface area (Å²) in [6.45, 7) is 3.24. The van der Waals surface area contributed by atoms with Gasteiger partial charge in [-0.25, -0.2) is 15.0 Å². The number of carbonyl (C=O) groups is 1. The predicted molar refractivity (Wildman–Crippen MR) is 107 cm³/mol. The van der Waals surface area contributed by atoms with Crippen molar-refractivity contribution in [1.29, 1.82) is 0 Å². The zero-order valence-corrected chi connectivity index (χ0v) is 16.2. The fourth-order valence-corrected chi connectivity index (χ4v) is 4.58. The third-order valence-corrected chi connectivity index (χ3v) is 6.27. The molecule has 8 heteroatoms. The van der Waals surface area contributed by atoms with Gasteiger partial charge in [0.05, 0.1) is 6.33 Å². The number of aromatic nitrogens is 4. The lowest BCUT2D eigenvalue weighted by Gasteiger charge is -2.39. The Hall–Kier alpha value is -2.67. The van der Waals surface area contributed by atoms with Crippen molar-refractivity contribution in [3.63, 3.8) is 0 Å². The second-order valence-electron chi connectivity index (χ2n) is 7.84. The van der Waals surface area contributed by atoms with Crippen LogP contribution in [0.2, 0.25) is 5.02 Å². The summed E-state index contributed by atoms with van der Waals surface area (Å²) in [4.78, 5) is 33.0. The number of amides is 1. The number of fused-ring (bicyclic) bond motifs is 1. The third kappa shape index (κ3) is 3.09. The molecule has 7 nitrogen and oxygen atoms in total. The van der Waals surface area contributed by atoms with E-state index >= 15 is 0 Å². The number of likely N-dealkylation sites (tertiary alicyclic amines) is 1. The van der Waals surface area contributed by atoms with Gasteiger partial charge < -0.3 is 14.8 Å². The van der Waals surface area contributed by atoms with Crippen LogP contribution in [0.25, 0.3) is 11.2 Å². The van der Waals surface area contributed by atoms with Crippen molar-refractivity contribution in [2.75, 3.05) is 24.5 Å². The SMILES string of the molecule is O=C1CC2(CCN(c3ncnc4nc[nH]c34)CC2)CN1Cc1ccc(Cl)cc1. The number of nitrogens with one attached hydrogen (secondary N) is 1. The average Bonchev–Trinajstić information content (AvgIpc) is 3.29. The highest BCUT2D eigenvalue weighted by atomic mass is 35.5. The van der Waals surface area contributed by atoms with E-state index < -0.39 is 0 Å². The Kier molecular flexibility index (Phi) is 4.19. The van der Waals surface area contributed by atoms with E-state index in [0.717, 1.165) is 54.4 Å². The van der Waals surface area contributed by atoms with Crippen molar-refractivity contribution < 1.29 is 4.79 Å². The average molecular weight is 397 g/mol. The zero-order chi connectivity index (χ0) is 19.1. The molecule has 2 fully saturated rings. The maximum atomic E-state index is 12.7. The molecule has 28 heavy (non-hydrogen) atoms. The topological polar surface area (TPSA) is 78.0 Å². The minimum absolute atomic E-state index is 0.0696. The Balaban J connectivity index is 1.27. The molecule has 1 aromatic carbocycles. The van der Waals surface area contributed by atoms with Gasteiger partial charge in [0.1, 0.15) is 11.8 Å². The molecule has 5 rings (SSSR count). The summed E-state index contributed by atoms with van der Waals surface area (Å²) in [6.07, 6.45) is 5.82. The van der Waals surface area contributed by atoms with Crippen molar-refractivity contribution >= 4 is 34.5 Å². The molecular formula is C20H21ClN6O. The molecule has 1 spiro atoms. The van der Waals surface area contributed by atoms with Gasteiger partial charge >= 0.3 is 0 Å². The van der Waals surface area contributed by atoms with Gasteiger partial charge in [-0.15, -0.1) is 0 Å². The molecule has 0 unspecified atom stereocenters. The Labute approximate surface area is 167 Å². The smallest absolute Gasteiger partial charge is 0.223 e. The van der Waals surface area contributed by atoms with Crippen LogP contribution in [0, 0.1) is 5.41 Å². The quantitative estimate of drug-likeness (QED) is 0.736. The Morgan fingerprint density at radius 3 is 2.68 bits per heavy atom. The fourth-order valence-electron chi connectivity index (χ4n) is 4.46. The summed E-state index contributed by atoms with van der Waals surface area (Å²) >= 11 is 5.97. The zero-order valence-electron chi connectivity index (χ0n) is 15.4. The van der Waals surface area contributed by atoms with Crippen LogP contribution in [0.1, 0.15) is 24.8 Å². The summed E-state index contributed by atoms with van der Waals surface area (Å²) in [7, 11) is 0. The van der Waals surface area contributed by atoms with Gasteiger partial charge in [0.15, 0.2) is 11.5 Å². The summed E-state index contributed by atoms with van der Waals surface area (Å²) in [5.41, 5.74) is 2.76. The van der Waals surface area contributed by atoms with E-state index in [2.05, 4.69) is 24.8 Å². The molecule has 0 atom stereocenters. The van der Waals surface area contributed by atoms with Crippen molar-refractivity contribution in [2.24, 2.45) is 5.41 Å². The molecule has 2 aromatic heterocycles. The summed E-state index contributed by atoms with van der Waals surface area (Å²) in [6, 6.07) is 7.75. The van der Waals surface area contributed by atoms with Gasteiger partial charge in [-0.2, -0.15) is 0 Å². The number of imidazole rings is 1. The predicted octanol–water partition coefficient (Wildman–Crippen LogP) is 3.03. The molecule has 0 aliphatic carbocycles. The first kappa shape index (κ1) is 17.4. The maximum Gasteiger partial charge on any atom is 0.223 e. The van der Waals surface area contributed by atoms with Crippen molar-refractivity contribution in [3.05, 3.63) is 47.5 Å². The van der Waals surface area contributed by atoms with Gasteiger partial charge in [-0.1, -0.05) is 23.7 Å². The number of hydrogen-bond donors (Lipinski definition) is 1. The van der Waals surface area contributed by atoms with Crippen molar-refractivity contribution in [1.82, 2.24) is 24.8 Å². The number of hydrogen-bond acceptors (Lipinski definition) is 5. The summed E-state index contributed by atoms with van der Waals surface area (Å²) in [5, 5.41) is 0.719. The van der Waals surface area contributed by atoms with Crippen LogP contribution in [0.3, 0.4) is 0 Å². The number of piperidine rings is 1. The highest BCUT2D eigenvalue weighted by Crippen LogP contribution is 2.42. The lowest BCUT2D eigenvalue weighted by molar-refractivity contribution is -0.128. The summed E-state index contributed by atoms with van der Waals surface area (Å²) < 4.78 is 0. The first-order chi connectivity index (χ1) is 13.6. The maximum absolute atomic E-state index is 12.7. The third-order valence-electron chi connectivity index (χ3n) is 6.02. The second kappa shape index (κ2) is 6.74. The Bertz CT molecular complexity index is 1010. The Morgan fingerprint density at radius 2 is 1.89 bits per heavy atom. The lowest BCUT2D eigenvalue weighted by Crippen LogP contribution is -2.42. The molecule has 0 radical (unpaired) electrons. The molecule has 0 saturated carbocycles. The van der Waals surface area contributed by atoms with E-state index in [0.29, 0.717) is 18.6 Å². The van der Waals surface area contributed by atoms with Crippen molar-refractivity contribution in [3.8, 4) is 0 Å². The largest absolute Gasteiger partial charge is 0.355 e. The van der Waals surface area contributed by atoms with Crippen LogP contribution in [0.5, 0.6) is 0 Å². The van der Waals surface area contributed by atoms with Crippen LogP contribution in [0.4, 0.5) is 5.82 Å². The fraction of sp³-hybridized carbons (Fsp3) is 0.400. The van der Waals surface area contributed by atoms with E-state index in [1.807, 2.05) is 29.2 Å². The number of rotatable bonds is 3. The lowest BCUT2D eigenvalue weighted by atomic mass is 9.77. The van der Waals surface area contributed by atoms with Crippen LogP contribution in [-0.4, -0.2) is 50.4 Å². The molecular weight excluding hydrogens is 376 g/mol. The minimum Gasteiger partial charge on any atom is -0.355 e. The summed E-state index contributed by atoms with van der Waals surface area (Å²) in [5.74, 6) is 1.15. The number of carbonyl (C=O) groups excluding carboxylic acids is 1. The molecule has 0 bridgehead atoms. The minimum atomic E-state index is 0.0696. The first-order valence-corrected chi connectivity index (χ1v) is 9.91. The molecule has 2 aliphatic rings. The van der Waals surface area contributed by atoms with Gasteiger partial charge in [-0.05, 0) is 30.5 Å². The molecule has 2 aliphatic heterocycles. The molecule has 144 valence electrons. The normalized spacial score (nSPS) is 19.1. The molecule has 1 amide bonds. The van der Waals surface area contributed by atoms with Gasteiger partial charge in [-0.3, -0.25) is 4.79 Å². The van der Waals surface area contributed by atoms with E-state index in [1.165, 1.54) is 0 Å². The standard InChI is InChI=1S/C20H21ClN6O/c21-15-3-1-14(2-4-15)10-27-11-20(9-16(27)28)5-7-26(8-6-20)19-17-18(23-12-22-17)24-13-25-19/h1-4,12-13H,5-11H2,(H,22,23,24,25). The number of anilines is 1. The number of aromatic amines is 1.